The van der Waals surface area contributed by atoms with Gasteiger partial charge in [0, 0.05) is 0 Å². The van der Waals surface area contributed by atoms with Gasteiger partial charge < -0.3 is 9.47 Å². The predicted molar refractivity (Wildman–Crippen MR) is 109 cm³/mol. The maximum Gasteiger partial charge on any atom is 0.515 e. The molecule has 1 aromatic heterocycles. The van der Waals surface area contributed by atoms with Crippen molar-refractivity contribution in [3.8, 4) is 17.0 Å². The summed E-state index contributed by atoms with van der Waals surface area (Å²) in [6.07, 6.45) is 2.46. The number of fused-ring (bicyclic) bond motifs is 3. The van der Waals surface area contributed by atoms with E-state index in [9.17, 15) is 4.79 Å². The van der Waals surface area contributed by atoms with E-state index in [-0.39, 0.29) is 12.6 Å². The molecule has 0 saturated carbocycles. The van der Waals surface area contributed by atoms with Crippen LogP contribution in [-0.4, -0.2) is 15.7 Å². The van der Waals surface area contributed by atoms with Crippen LogP contribution < -0.4 is 4.74 Å². The van der Waals surface area contributed by atoms with E-state index >= 15 is 0 Å². The van der Waals surface area contributed by atoms with Crippen LogP contribution in [0, 0.1) is 0 Å². The van der Waals surface area contributed by atoms with Gasteiger partial charge >= 0.3 is 6.16 Å². The third kappa shape index (κ3) is 3.17. The summed E-state index contributed by atoms with van der Waals surface area (Å²) in [7, 11) is 0. The minimum atomic E-state index is -0.754. The molecule has 1 heterocycles. The standard InChI is InChI=1S/C24H18N2O3/c27-24(28-15-17-8-2-1-3-9-17)29-22-14-25-16-26(22)23-20-12-6-4-10-18(20)19-11-5-7-13-21(19)23/h1-14,16,23H,15H2. The third-order valence-corrected chi connectivity index (χ3v) is 5.10. The van der Waals surface area contributed by atoms with Gasteiger partial charge in [-0.15, -0.1) is 0 Å². The van der Waals surface area contributed by atoms with Crippen molar-refractivity contribution >= 4 is 6.16 Å². The molecule has 5 nitrogen and oxygen atoms in total. The lowest BCUT2D eigenvalue weighted by Crippen LogP contribution is -2.16. The van der Waals surface area contributed by atoms with Gasteiger partial charge in [-0.1, -0.05) is 78.9 Å². The monoisotopic (exact) mass is 382 g/mol. The fraction of sp³-hybridized carbons (Fsp3) is 0.0833. The highest BCUT2D eigenvalue weighted by Gasteiger charge is 2.31. The molecule has 0 spiro atoms. The largest absolute Gasteiger partial charge is 0.515 e. The van der Waals surface area contributed by atoms with Gasteiger partial charge in [0.05, 0.1) is 18.6 Å². The van der Waals surface area contributed by atoms with Crippen molar-refractivity contribution in [2.45, 2.75) is 12.6 Å². The first-order valence-corrected chi connectivity index (χ1v) is 9.40. The molecule has 5 heteroatoms. The molecular weight excluding hydrogens is 364 g/mol. The molecular formula is C24H18N2O3. The van der Waals surface area contributed by atoms with E-state index in [4.69, 9.17) is 9.47 Å². The van der Waals surface area contributed by atoms with E-state index in [1.165, 1.54) is 17.3 Å². The lowest BCUT2D eigenvalue weighted by molar-refractivity contribution is 0.0897. The highest BCUT2D eigenvalue weighted by molar-refractivity contribution is 5.78. The average molecular weight is 382 g/mol. The van der Waals surface area contributed by atoms with Crippen LogP contribution in [0.15, 0.2) is 91.4 Å². The van der Waals surface area contributed by atoms with Gasteiger partial charge in [-0.25, -0.2) is 9.78 Å². The first-order valence-electron chi connectivity index (χ1n) is 9.40. The molecule has 142 valence electrons. The lowest BCUT2D eigenvalue weighted by Gasteiger charge is -2.18. The molecule has 0 amide bonds. The average Bonchev–Trinajstić information content (AvgIpc) is 3.35. The molecule has 5 rings (SSSR count). The SMILES string of the molecule is O=C(OCc1ccccc1)Oc1cncn1C1c2ccccc2-c2ccccc21. The van der Waals surface area contributed by atoms with E-state index < -0.39 is 6.16 Å². The second-order valence-electron chi connectivity index (χ2n) is 6.84. The summed E-state index contributed by atoms with van der Waals surface area (Å²) in [5, 5.41) is 0. The van der Waals surface area contributed by atoms with Crippen molar-refractivity contribution in [2.24, 2.45) is 0 Å². The van der Waals surface area contributed by atoms with Gasteiger partial charge in [0.1, 0.15) is 6.61 Å². The molecule has 0 unspecified atom stereocenters. The zero-order valence-corrected chi connectivity index (χ0v) is 15.6. The number of benzene rings is 3. The summed E-state index contributed by atoms with van der Waals surface area (Å²) in [5.41, 5.74) is 5.55. The van der Waals surface area contributed by atoms with Gasteiger partial charge in [-0.2, -0.15) is 0 Å². The Labute approximate surface area is 168 Å². The second kappa shape index (κ2) is 7.28. The summed E-state index contributed by atoms with van der Waals surface area (Å²) in [6, 6.07) is 25.9. The quantitative estimate of drug-likeness (QED) is 0.400. The summed E-state index contributed by atoms with van der Waals surface area (Å²) in [4.78, 5) is 16.5. The lowest BCUT2D eigenvalue weighted by atomic mass is 10.1. The maximum absolute atomic E-state index is 12.3. The molecule has 0 fully saturated rings. The van der Waals surface area contributed by atoms with Crippen LogP contribution in [-0.2, 0) is 11.3 Å². The Kier molecular flexibility index (Phi) is 4.33. The van der Waals surface area contributed by atoms with Gasteiger partial charge in [0.15, 0.2) is 0 Å². The van der Waals surface area contributed by atoms with Crippen molar-refractivity contribution < 1.29 is 14.3 Å². The summed E-state index contributed by atoms with van der Waals surface area (Å²) < 4.78 is 12.6. The number of hydrogen-bond acceptors (Lipinski definition) is 4. The second-order valence-corrected chi connectivity index (χ2v) is 6.84. The minimum Gasteiger partial charge on any atom is -0.429 e. The number of nitrogens with zero attached hydrogens (tertiary/aromatic N) is 2. The van der Waals surface area contributed by atoms with Crippen LogP contribution in [0.5, 0.6) is 5.88 Å². The summed E-state index contributed by atoms with van der Waals surface area (Å²) in [5.74, 6) is 0.347. The summed E-state index contributed by atoms with van der Waals surface area (Å²) in [6.45, 7) is 0.156. The van der Waals surface area contributed by atoms with Gasteiger partial charge in [0.25, 0.3) is 0 Å². The van der Waals surface area contributed by atoms with E-state index in [0.29, 0.717) is 5.88 Å². The Hall–Kier alpha value is -3.86. The zero-order chi connectivity index (χ0) is 19.6. The molecule has 0 N–H and O–H groups in total. The number of aromatic nitrogens is 2. The maximum atomic E-state index is 12.3. The highest BCUT2D eigenvalue weighted by Crippen LogP contribution is 2.46. The number of carbonyl (C=O) groups is 1. The highest BCUT2D eigenvalue weighted by atomic mass is 16.7. The van der Waals surface area contributed by atoms with Crippen LogP contribution in [0.2, 0.25) is 0 Å². The molecule has 29 heavy (non-hydrogen) atoms. The molecule has 0 aliphatic heterocycles. The van der Waals surface area contributed by atoms with Crippen LogP contribution in [0.1, 0.15) is 22.7 Å². The molecule has 0 radical (unpaired) electrons. The number of imidazole rings is 1. The molecule has 3 aromatic carbocycles. The smallest absolute Gasteiger partial charge is 0.429 e. The topological polar surface area (TPSA) is 53.4 Å². The van der Waals surface area contributed by atoms with Crippen molar-refractivity contribution in [1.29, 1.82) is 0 Å². The van der Waals surface area contributed by atoms with E-state index in [0.717, 1.165) is 16.7 Å². The summed E-state index contributed by atoms with van der Waals surface area (Å²) >= 11 is 0. The fourth-order valence-electron chi connectivity index (χ4n) is 3.83. The van der Waals surface area contributed by atoms with Crippen molar-refractivity contribution in [1.82, 2.24) is 9.55 Å². The zero-order valence-electron chi connectivity index (χ0n) is 15.6. The van der Waals surface area contributed by atoms with E-state index in [1.807, 2.05) is 59.2 Å². The van der Waals surface area contributed by atoms with Crippen molar-refractivity contribution in [3.05, 3.63) is 108 Å². The van der Waals surface area contributed by atoms with Crippen LogP contribution in [0.4, 0.5) is 4.79 Å². The van der Waals surface area contributed by atoms with Crippen molar-refractivity contribution in [2.75, 3.05) is 0 Å². The van der Waals surface area contributed by atoms with Gasteiger partial charge in [0.2, 0.25) is 5.88 Å². The normalized spacial score (nSPS) is 12.3. The minimum absolute atomic E-state index is 0.109. The molecule has 1 aliphatic rings. The van der Waals surface area contributed by atoms with Crippen LogP contribution >= 0.6 is 0 Å². The fourth-order valence-corrected chi connectivity index (χ4v) is 3.83. The Morgan fingerprint density at radius 1 is 0.862 bits per heavy atom. The number of ether oxygens (including phenoxy) is 2. The van der Waals surface area contributed by atoms with E-state index in [1.54, 1.807) is 6.33 Å². The Morgan fingerprint density at radius 2 is 1.48 bits per heavy atom. The predicted octanol–water partition coefficient (Wildman–Crippen LogP) is 5.22. The number of carbonyl (C=O) groups excluding carboxylic acids is 1. The molecule has 0 bridgehead atoms. The van der Waals surface area contributed by atoms with Crippen molar-refractivity contribution in [3.63, 3.8) is 0 Å². The third-order valence-electron chi connectivity index (χ3n) is 5.10. The Morgan fingerprint density at radius 3 is 2.17 bits per heavy atom. The molecule has 4 aromatic rings. The van der Waals surface area contributed by atoms with Crippen LogP contribution in [0.3, 0.4) is 0 Å². The van der Waals surface area contributed by atoms with E-state index in [2.05, 4.69) is 29.2 Å². The first-order chi connectivity index (χ1) is 14.3. The van der Waals surface area contributed by atoms with Gasteiger partial charge in [-0.3, -0.25) is 4.57 Å². The first kappa shape index (κ1) is 17.3. The molecule has 1 aliphatic carbocycles. The molecule has 0 atom stereocenters. The molecule has 0 saturated heterocycles. The van der Waals surface area contributed by atoms with Gasteiger partial charge in [-0.05, 0) is 27.8 Å². The Bertz CT molecular complexity index is 1120. The van der Waals surface area contributed by atoms with Crippen LogP contribution in [0.25, 0.3) is 11.1 Å². The number of hydrogen-bond donors (Lipinski definition) is 0. The number of rotatable bonds is 4. The Balaban J connectivity index is 1.41.